The second-order valence-corrected chi connectivity index (χ2v) is 12.2. The van der Waals surface area contributed by atoms with Crippen molar-refractivity contribution in [1.29, 1.82) is 0 Å². The van der Waals surface area contributed by atoms with Crippen molar-refractivity contribution >= 4 is 28.6 Å². The van der Waals surface area contributed by atoms with Gasteiger partial charge in [0.25, 0.3) is 0 Å². The molecule has 1 atom stereocenters. The Morgan fingerprint density at radius 1 is 1.07 bits per heavy atom. The van der Waals surface area contributed by atoms with Crippen molar-refractivity contribution in [2.75, 3.05) is 23.7 Å². The summed E-state index contributed by atoms with van der Waals surface area (Å²) in [5.74, 6) is 1.62. The number of nitrogens with zero attached hydrogens (tertiary/aromatic N) is 5. The molecule has 1 fully saturated rings. The standard InChI is InChI=1S/C33H35F3N6O2S/c1-21(2)29-23(4)6-5-7-28(29)41-18-19-45-32(41)39-31(43)37-17-16-22(3)24-8-10-25(11-9-24)30-38-20-42(40-30)26-12-14-27(15-13-26)44-33(34,35)36/h5-15,20-22H,16-19H2,1-4H3,(H,37,43). The van der Waals surface area contributed by atoms with Crippen molar-refractivity contribution in [3.05, 3.63) is 89.7 Å². The summed E-state index contributed by atoms with van der Waals surface area (Å²) < 4.78 is 42.7. The number of amidine groups is 1. The number of carbonyl (C=O) groups excluding carboxylic acids is 1. The quantitative estimate of drug-likeness (QED) is 0.200. The summed E-state index contributed by atoms with van der Waals surface area (Å²) >= 11 is 1.60. The van der Waals surface area contributed by atoms with Gasteiger partial charge in [-0.25, -0.2) is 14.5 Å². The lowest BCUT2D eigenvalue weighted by atomic mass is 9.95. The van der Waals surface area contributed by atoms with Crippen molar-refractivity contribution in [3.63, 3.8) is 0 Å². The van der Waals surface area contributed by atoms with Gasteiger partial charge in [0, 0.05) is 30.1 Å². The highest BCUT2D eigenvalue weighted by atomic mass is 32.2. The number of alkyl halides is 3. The van der Waals surface area contributed by atoms with Gasteiger partial charge in [0.1, 0.15) is 12.1 Å². The molecule has 0 spiro atoms. The first-order valence-corrected chi connectivity index (χ1v) is 15.7. The molecule has 4 aromatic rings. The van der Waals surface area contributed by atoms with Crippen LogP contribution in [0.2, 0.25) is 0 Å². The van der Waals surface area contributed by atoms with E-state index in [4.69, 9.17) is 0 Å². The van der Waals surface area contributed by atoms with Crippen molar-refractivity contribution in [2.45, 2.75) is 52.3 Å². The molecule has 0 bridgehead atoms. The van der Waals surface area contributed by atoms with Gasteiger partial charge in [-0.2, -0.15) is 4.99 Å². The largest absolute Gasteiger partial charge is 0.573 e. The Kier molecular flexibility index (Phi) is 9.81. The van der Waals surface area contributed by atoms with Crippen LogP contribution >= 0.6 is 11.8 Å². The maximum atomic E-state index is 12.8. The highest BCUT2D eigenvalue weighted by Crippen LogP contribution is 2.34. The molecule has 1 unspecified atom stereocenters. The van der Waals surface area contributed by atoms with E-state index < -0.39 is 6.36 Å². The average molecular weight is 637 g/mol. The van der Waals surface area contributed by atoms with Crippen LogP contribution in [0, 0.1) is 6.92 Å². The van der Waals surface area contributed by atoms with Crippen molar-refractivity contribution < 1.29 is 22.7 Å². The van der Waals surface area contributed by atoms with Gasteiger partial charge in [0.2, 0.25) is 0 Å². The predicted molar refractivity (Wildman–Crippen MR) is 172 cm³/mol. The zero-order chi connectivity index (χ0) is 32.1. The van der Waals surface area contributed by atoms with E-state index in [0.29, 0.717) is 24.0 Å². The number of amides is 2. The van der Waals surface area contributed by atoms with E-state index in [2.05, 4.69) is 75.9 Å². The number of rotatable bonds is 9. The number of ether oxygens (including phenoxy) is 1. The molecular weight excluding hydrogens is 601 g/mol. The number of urea groups is 1. The minimum absolute atomic E-state index is 0.188. The van der Waals surface area contributed by atoms with Crippen molar-refractivity contribution in [2.24, 2.45) is 4.99 Å². The summed E-state index contributed by atoms with van der Waals surface area (Å²) in [6.07, 6.45) is -2.50. The number of aromatic nitrogens is 3. The van der Waals surface area contributed by atoms with Gasteiger partial charge in [0.05, 0.1) is 5.69 Å². The smallest absolute Gasteiger partial charge is 0.406 e. The number of carbonyl (C=O) groups is 1. The second-order valence-electron chi connectivity index (χ2n) is 11.2. The summed E-state index contributed by atoms with van der Waals surface area (Å²) in [5, 5.41) is 8.14. The lowest BCUT2D eigenvalue weighted by Crippen LogP contribution is -2.29. The second kappa shape index (κ2) is 13.8. The van der Waals surface area contributed by atoms with Crippen molar-refractivity contribution in [3.8, 4) is 22.8 Å². The summed E-state index contributed by atoms with van der Waals surface area (Å²) in [5.41, 5.74) is 6.11. The van der Waals surface area contributed by atoms with Crippen LogP contribution in [0.25, 0.3) is 17.1 Å². The van der Waals surface area contributed by atoms with E-state index in [1.165, 1.54) is 46.4 Å². The van der Waals surface area contributed by atoms with Crippen LogP contribution < -0.4 is 15.0 Å². The molecule has 0 aliphatic carbocycles. The summed E-state index contributed by atoms with van der Waals surface area (Å²) in [6.45, 7) is 9.90. The Labute approximate surface area is 264 Å². The fraction of sp³-hybridized carbons (Fsp3) is 0.333. The van der Waals surface area contributed by atoms with Crippen LogP contribution in [0.4, 0.5) is 23.7 Å². The van der Waals surface area contributed by atoms with Gasteiger partial charge in [-0.3, -0.25) is 0 Å². The number of hydrogen-bond donors (Lipinski definition) is 1. The molecule has 2 amide bonds. The van der Waals surface area contributed by atoms with E-state index in [1.54, 1.807) is 11.8 Å². The number of thioether (sulfide) groups is 1. The Bertz CT molecular complexity index is 1650. The molecule has 8 nitrogen and oxygen atoms in total. The molecule has 3 aromatic carbocycles. The van der Waals surface area contributed by atoms with E-state index in [9.17, 15) is 18.0 Å². The summed E-state index contributed by atoms with van der Waals surface area (Å²) in [7, 11) is 0. The molecule has 1 aromatic heterocycles. The molecule has 1 N–H and O–H groups in total. The maximum Gasteiger partial charge on any atom is 0.573 e. The van der Waals surface area contributed by atoms with Gasteiger partial charge in [-0.1, -0.05) is 68.9 Å². The maximum absolute atomic E-state index is 12.8. The average Bonchev–Trinajstić information content (AvgIpc) is 3.67. The summed E-state index contributed by atoms with van der Waals surface area (Å²) in [4.78, 5) is 23.7. The Balaban J connectivity index is 1.15. The first-order valence-electron chi connectivity index (χ1n) is 14.7. The molecule has 45 heavy (non-hydrogen) atoms. The van der Waals surface area contributed by atoms with Crippen LogP contribution in [0.5, 0.6) is 5.75 Å². The van der Waals surface area contributed by atoms with Gasteiger partial charge in [-0.15, -0.1) is 18.3 Å². The monoisotopic (exact) mass is 636 g/mol. The number of anilines is 1. The Morgan fingerprint density at radius 2 is 1.80 bits per heavy atom. The van der Waals surface area contributed by atoms with Gasteiger partial charge in [-0.05, 0) is 72.2 Å². The number of hydrogen-bond acceptors (Lipinski definition) is 5. The van der Waals surface area contributed by atoms with E-state index in [-0.39, 0.29) is 17.7 Å². The van der Waals surface area contributed by atoms with Crippen LogP contribution in [0.1, 0.15) is 55.7 Å². The van der Waals surface area contributed by atoms with E-state index in [1.807, 2.05) is 24.3 Å². The Hall–Kier alpha value is -4.32. The lowest BCUT2D eigenvalue weighted by molar-refractivity contribution is -0.274. The van der Waals surface area contributed by atoms with Gasteiger partial charge < -0.3 is 15.0 Å². The third kappa shape index (κ3) is 8.05. The fourth-order valence-corrected chi connectivity index (χ4v) is 6.29. The minimum Gasteiger partial charge on any atom is -0.406 e. The molecule has 236 valence electrons. The zero-order valence-electron chi connectivity index (χ0n) is 25.5. The first-order chi connectivity index (χ1) is 21.5. The highest BCUT2D eigenvalue weighted by Gasteiger charge is 2.31. The van der Waals surface area contributed by atoms with Crippen molar-refractivity contribution in [1.82, 2.24) is 20.1 Å². The molecule has 2 heterocycles. The molecule has 0 radical (unpaired) electrons. The van der Waals surface area contributed by atoms with Crippen LogP contribution in [0.3, 0.4) is 0 Å². The highest BCUT2D eigenvalue weighted by molar-refractivity contribution is 8.14. The fourth-order valence-electron chi connectivity index (χ4n) is 5.34. The SMILES string of the molecule is Cc1cccc(N2CCSC2=NC(=O)NCCC(C)c2ccc(-c3ncn(-c4ccc(OC(F)(F)F)cc4)n3)cc2)c1C(C)C. The van der Waals surface area contributed by atoms with Gasteiger partial charge in [0.15, 0.2) is 11.0 Å². The molecule has 1 aliphatic heterocycles. The molecule has 5 rings (SSSR count). The topological polar surface area (TPSA) is 84.6 Å². The minimum atomic E-state index is -4.74. The molecule has 0 saturated carbocycles. The lowest BCUT2D eigenvalue weighted by Gasteiger charge is -2.24. The molecular formula is C33H35F3N6O2S. The third-order valence-corrected chi connectivity index (χ3v) is 8.52. The number of aliphatic imine (C=N–C) groups is 1. The molecule has 1 saturated heterocycles. The predicted octanol–water partition coefficient (Wildman–Crippen LogP) is 8.08. The number of benzene rings is 3. The van der Waals surface area contributed by atoms with E-state index in [0.717, 1.165) is 40.7 Å². The Morgan fingerprint density at radius 3 is 2.49 bits per heavy atom. The number of halogens is 3. The number of nitrogens with one attached hydrogen (secondary N) is 1. The van der Waals surface area contributed by atoms with Crippen LogP contribution in [-0.4, -0.2) is 51.2 Å². The third-order valence-electron chi connectivity index (χ3n) is 7.56. The van der Waals surface area contributed by atoms with Crippen LogP contribution in [-0.2, 0) is 0 Å². The normalized spacial score (nSPS) is 15.1. The van der Waals surface area contributed by atoms with Gasteiger partial charge >= 0.3 is 12.4 Å². The summed E-state index contributed by atoms with van der Waals surface area (Å²) in [6, 6.07) is 19.2. The molecule has 12 heteroatoms. The van der Waals surface area contributed by atoms with E-state index >= 15 is 0 Å². The van der Waals surface area contributed by atoms with Crippen LogP contribution in [0.15, 0.2) is 78.0 Å². The zero-order valence-corrected chi connectivity index (χ0v) is 26.3. The number of aryl methyl sites for hydroxylation is 1. The first kappa shape index (κ1) is 32.1. The molecule has 1 aliphatic rings.